The number of carbonyl (C=O) groups is 3. The van der Waals surface area contributed by atoms with Crippen LogP contribution >= 0.6 is 0 Å². The van der Waals surface area contributed by atoms with Crippen LogP contribution in [0.1, 0.15) is 39.2 Å². The van der Waals surface area contributed by atoms with Gasteiger partial charge in [0.15, 0.2) is 0 Å². The molecule has 0 heterocycles. The summed E-state index contributed by atoms with van der Waals surface area (Å²) in [6.45, 7) is 5.50. The van der Waals surface area contributed by atoms with E-state index < -0.39 is 23.9 Å². The van der Waals surface area contributed by atoms with Crippen molar-refractivity contribution in [2.75, 3.05) is 0 Å². The van der Waals surface area contributed by atoms with E-state index in [1.807, 2.05) is 44.2 Å². The van der Waals surface area contributed by atoms with Crippen molar-refractivity contribution in [1.29, 1.82) is 0 Å². The Morgan fingerprint density at radius 3 is 2.21 bits per heavy atom. The standard InChI is InChI=1S/C18H27N3O3/c1-4-12(3)16(17(19)23)21-18(24)14(20-15(22)5-2)11-13-9-7-6-8-10-13/h6-10,12,14,16H,4-5,11H2,1-3H3,(H2,19,23)(H,20,22)(H,21,24). The van der Waals surface area contributed by atoms with Crippen molar-refractivity contribution < 1.29 is 14.4 Å². The first kappa shape index (κ1) is 19.7. The predicted octanol–water partition coefficient (Wildman–Crippen LogP) is 1.14. The molecule has 0 fully saturated rings. The van der Waals surface area contributed by atoms with Gasteiger partial charge in [-0.05, 0) is 11.5 Å². The van der Waals surface area contributed by atoms with Gasteiger partial charge in [-0.1, -0.05) is 57.5 Å². The molecule has 0 saturated heterocycles. The minimum Gasteiger partial charge on any atom is -0.368 e. The molecular formula is C18H27N3O3. The van der Waals surface area contributed by atoms with E-state index in [1.165, 1.54) is 0 Å². The summed E-state index contributed by atoms with van der Waals surface area (Å²) >= 11 is 0. The lowest BCUT2D eigenvalue weighted by Crippen LogP contribution is -2.55. The first-order valence-electron chi connectivity index (χ1n) is 8.31. The van der Waals surface area contributed by atoms with Gasteiger partial charge in [-0.3, -0.25) is 14.4 Å². The highest BCUT2D eigenvalue weighted by Crippen LogP contribution is 2.09. The van der Waals surface area contributed by atoms with Crippen LogP contribution in [0.15, 0.2) is 30.3 Å². The molecule has 0 spiro atoms. The summed E-state index contributed by atoms with van der Waals surface area (Å²) in [5.74, 6) is -1.27. The molecule has 3 unspecified atom stereocenters. The molecule has 0 saturated carbocycles. The minimum absolute atomic E-state index is 0.0781. The number of nitrogens with two attached hydrogens (primary N) is 1. The zero-order chi connectivity index (χ0) is 18.1. The maximum Gasteiger partial charge on any atom is 0.243 e. The van der Waals surface area contributed by atoms with Crippen molar-refractivity contribution in [3.05, 3.63) is 35.9 Å². The highest BCUT2D eigenvalue weighted by molar-refractivity contribution is 5.91. The van der Waals surface area contributed by atoms with E-state index in [2.05, 4.69) is 10.6 Å². The fraction of sp³-hybridized carbons (Fsp3) is 0.500. The molecule has 0 aliphatic carbocycles. The van der Waals surface area contributed by atoms with Gasteiger partial charge in [-0.2, -0.15) is 0 Å². The summed E-state index contributed by atoms with van der Waals surface area (Å²) in [5.41, 5.74) is 6.32. The number of amides is 3. The van der Waals surface area contributed by atoms with Crippen LogP contribution in [0.25, 0.3) is 0 Å². The highest BCUT2D eigenvalue weighted by Gasteiger charge is 2.28. The fourth-order valence-electron chi connectivity index (χ4n) is 2.34. The van der Waals surface area contributed by atoms with Gasteiger partial charge in [-0.25, -0.2) is 0 Å². The summed E-state index contributed by atoms with van der Waals surface area (Å²) < 4.78 is 0. The summed E-state index contributed by atoms with van der Waals surface area (Å²) in [6, 6.07) is 7.91. The van der Waals surface area contributed by atoms with E-state index in [-0.39, 0.29) is 18.2 Å². The van der Waals surface area contributed by atoms with Crippen LogP contribution in [-0.4, -0.2) is 29.8 Å². The Hall–Kier alpha value is -2.37. The van der Waals surface area contributed by atoms with Crippen molar-refractivity contribution in [2.24, 2.45) is 11.7 Å². The van der Waals surface area contributed by atoms with Crippen LogP contribution in [0.4, 0.5) is 0 Å². The van der Waals surface area contributed by atoms with E-state index in [4.69, 9.17) is 5.73 Å². The maximum atomic E-state index is 12.6. The molecule has 1 rings (SSSR count). The van der Waals surface area contributed by atoms with Crippen LogP contribution in [-0.2, 0) is 20.8 Å². The second-order valence-electron chi connectivity index (χ2n) is 5.94. The smallest absolute Gasteiger partial charge is 0.243 e. The van der Waals surface area contributed by atoms with Crippen LogP contribution < -0.4 is 16.4 Å². The van der Waals surface area contributed by atoms with Crippen LogP contribution in [0.3, 0.4) is 0 Å². The van der Waals surface area contributed by atoms with Crippen molar-refractivity contribution in [3.63, 3.8) is 0 Å². The van der Waals surface area contributed by atoms with E-state index in [0.717, 1.165) is 5.56 Å². The summed E-state index contributed by atoms with van der Waals surface area (Å²) in [4.78, 5) is 36.0. The number of rotatable bonds is 9. The first-order chi connectivity index (χ1) is 11.4. The van der Waals surface area contributed by atoms with Gasteiger partial charge in [0.2, 0.25) is 17.7 Å². The Labute approximate surface area is 143 Å². The number of nitrogens with one attached hydrogen (secondary N) is 2. The third kappa shape index (κ3) is 6.02. The molecule has 0 aromatic heterocycles. The average molecular weight is 333 g/mol. The Kier molecular flexibility index (Phi) is 7.95. The lowest BCUT2D eigenvalue weighted by Gasteiger charge is -2.25. The first-order valence-corrected chi connectivity index (χ1v) is 8.31. The molecule has 6 nitrogen and oxygen atoms in total. The SMILES string of the molecule is CCC(=O)NC(Cc1ccccc1)C(=O)NC(C(N)=O)C(C)CC. The van der Waals surface area contributed by atoms with Crippen molar-refractivity contribution in [2.45, 2.75) is 52.1 Å². The van der Waals surface area contributed by atoms with Gasteiger partial charge in [0.05, 0.1) is 0 Å². The normalized spacial score (nSPS) is 14.3. The molecule has 24 heavy (non-hydrogen) atoms. The minimum atomic E-state index is -0.751. The van der Waals surface area contributed by atoms with E-state index in [1.54, 1.807) is 6.92 Å². The second-order valence-corrected chi connectivity index (χ2v) is 5.94. The zero-order valence-corrected chi connectivity index (χ0v) is 14.5. The third-order valence-corrected chi connectivity index (χ3v) is 4.07. The Morgan fingerprint density at radius 2 is 1.71 bits per heavy atom. The van der Waals surface area contributed by atoms with Gasteiger partial charge in [0, 0.05) is 12.8 Å². The summed E-state index contributed by atoms with van der Waals surface area (Å²) in [7, 11) is 0. The lowest BCUT2D eigenvalue weighted by molar-refractivity contribution is -0.132. The van der Waals surface area contributed by atoms with Gasteiger partial charge in [0.25, 0.3) is 0 Å². The quantitative estimate of drug-likeness (QED) is 0.631. The molecule has 1 aromatic rings. The number of hydrogen-bond donors (Lipinski definition) is 3. The van der Waals surface area contributed by atoms with E-state index in [0.29, 0.717) is 12.8 Å². The topological polar surface area (TPSA) is 101 Å². The number of primary amides is 1. The van der Waals surface area contributed by atoms with Gasteiger partial charge < -0.3 is 16.4 Å². The molecule has 0 aliphatic heterocycles. The Balaban J connectivity index is 2.89. The van der Waals surface area contributed by atoms with Gasteiger partial charge >= 0.3 is 0 Å². The summed E-state index contributed by atoms with van der Waals surface area (Å²) in [6.07, 6.45) is 1.34. The predicted molar refractivity (Wildman–Crippen MR) is 92.9 cm³/mol. The molecule has 132 valence electrons. The van der Waals surface area contributed by atoms with E-state index >= 15 is 0 Å². The van der Waals surface area contributed by atoms with Crippen molar-refractivity contribution in [1.82, 2.24) is 10.6 Å². The second kappa shape index (κ2) is 9.70. The molecule has 1 aromatic carbocycles. The summed E-state index contributed by atoms with van der Waals surface area (Å²) in [5, 5.41) is 5.40. The number of hydrogen-bond acceptors (Lipinski definition) is 3. The van der Waals surface area contributed by atoms with Gasteiger partial charge in [0.1, 0.15) is 12.1 Å². The molecule has 0 radical (unpaired) electrons. The monoisotopic (exact) mass is 333 g/mol. The fourth-order valence-corrected chi connectivity index (χ4v) is 2.34. The Morgan fingerprint density at radius 1 is 1.08 bits per heavy atom. The Bertz CT molecular complexity index is 560. The highest BCUT2D eigenvalue weighted by atomic mass is 16.2. The van der Waals surface area contributed by atoms with Crippen molar-refractivity contribution in [3.8, 4) is 0 Å². The van der Waals surface area contributed by atoms with E-state index in [9.17, 15) is 14.4 Å². The van der Waals surface area contributed by atoms with Crippen molar-refractivity contribution >= 4 is 17.7 Å². The molecular weight excluding hydrogens is 306 g/mol. The number of carbonyl (C=O) groups excluding carboxylic acids is 3. The lowest BCUT2D eigenvalue weighted by atomic mass is 9.97. The number of benzene rings is 1. The zero-order valence-electron chi connectivity index (χ0n) is 14.5. The molecule has 3 atom stereocenters. The maximum absolute atomic E-state index is 12.6. The third-order valence-electron chi connectivity index (χ3n) is 4.07. The van der Waals surface area contributed by atoms with Gasteiger partial charge in [-0.15, -0.1) is 0 Å². The molecule has 6 heteroatoms. The molecule has 0 bridgehead atoms. The van der Waals surface area contributed by atoms with Crippen LogP contribution in [0.2, 0.25) is 0 Å². The van der Waals surface area contributed by atoms with Crippen LogP contribution in [0.5, 0.6) is 0 Å². The molecule has 4 N–H and O–H groups in total. The van der Waals surface area contributed by atoms with Crippen LogP contribution in [0, 0.1) is 5.92 Å². The largest absolute Gasteiger partial charge is 0.368 e. The molecule has 0 aliphatic rings. The molecule has 3 amide bonds. The average Bonchev–Trinajstić information content (AvgIpc) is 2.58.